The highest BCUT2D eigenvalue weighted by Crippen LogP contribution is 2.51. The summed E-state index contributed by atoms with van der Waals surface area (Å²) in [5.41, 5.74) is 2.74. The third-order valence-corrected chi connectivity index (χ3v) is 6.61. The van der Waals surface area contributed by atoms with E-state index in [0.29, 0.717) is 23.9 Å². The normalized spacial score (nSPS) is 26.4. The molecule has 2 aliphatic heterocycles. The number of fused-ring (bicyclic) bond motifs is 2. The molecule has 0 radical (unpaired) electrons. The molecular weight excluding hydrogens is 374 g/mol. The van der Waals surface area contributed by atoms with Crippen LogP contribution in [-0.4, -0.2) is 45.4 Å². The molecule has 152 valence electrons. The van der Waals surface area contributed by atoms with Crippen molar-refractivity contribution in [1.82, 2.24) is 4.90 Å². The average molecular weight is 404 g/mol. The highest BCUT2D eigenvalue weighted by molar-refractivity contribution is 5.85. The van der Waals surface area contributed by atoms with Gasteiger partial charge in [0.15, 0.2) is 11.5 Å². The van der Waals surface area contributed by atoms with Crippen molar-refractivity contribution in [2.45, 2.75) is 43.2 Å². The summed E-state index contributed by atoms with van der Waals surface area (Å²) in [7, 11) is 7.41. The van der Waals surface area contributed by atoms with E-state index in [1.54, 1.807) is 21.3 Å². The summed E-state index contributed by atoms with van der Waals surface area (Å²) >= 11 is 0. The molecule has 2 fully saturated rings. The summed E-state index contributed by atoms with van der Waals surface area (Å²) < 4.78 is 16.4. The first-order valence-electron chi connectivity index (χ1n) is 9.74. The second-order valence-electron chi connectivity index (χ2n) is 7.72. The van der Waals surface area contributed by atoms with Gasteiger partial charge in [-0.1, -0.05) is 18.2 Å². The van der Waals surface area contributed by atoms with Crippen LogP contribution in [0.4, 0.5) is 0 Å². The Morgan fingerprint density at radius 2 is 1.50 bits per heavy atom. The minimum absolute atomic E-state index is 0. The van der Waals surface area contributed by atoms with Gasteiger partial charge in [-0.3, -0.25) is 4.90 Å². The molecule has 0 saturated carbocycles. The van der Waals surface area contributed by atoms with E-state index in [0.717, 1.165) is 17.2 Å². The number of ether oxygens (including phenoxy) is 3. The first-order valence-corrected chi connectivity index (χ1v) is 9.74. The minimum atomic E-state index is 0. The first kappa shape index (κ1) is 20.8. The van der Waals surface area contributed by atoms with Crippen LogP contribution in [0.1, 0.15) is 42.2 Å². The van der Waals surface area contributed by atoms with E-state index in [4.69, 9.17) is 14.2 Å². The quantitative estimate of drug-likeness (QED) is 0.712. The fraction of sp³-hybridized carbons (Fsp3) is 0.478. The summed E-state index contributed by atoms with van der Waals surface area (Å²) in [5.74, 6) is 3.46. The number of methoxy groups -OCH3 is 3. The Bertz CT molecular complexity index is 795. The van der Waals surface area contributed by atoms with Crippen LogP contribution >= 0.6 is 12.4 Å². The molecule has 5 heteroatoms. The van der Waals surface area contributed by atoms with Gasteiger partial charge in [0.2, 0.25) is 0 Å². The summed E-state index contributed by atoms with van der Waals surface area (Å²) in [6.45, 7) is 0. The maximum Gasteiger partial charge on any atom is 0.160 e. The van der Waals surface area contributed by atoms with Gasteiger partial charge in [0.1, 0.15) is 5.75 Å². The third kappa shape index (κ3) is 3.56. The number of hydrogen-bond acceptors (Lipinski definition) is 4. The molecule has 0 N–H and O–H groups in total. The maximum absolute atomic E-state index is 5.59. The van der Waals surface area contributed by atoms with Crippen molar-refractivity contribution in [2.24, 2.45) is 0 Å². The van der Waals surface area contributed by atoms with Gasteiger partial charge >= 0.3 is 0 Å². The standard InChI is InChI=1S/C23H29NO3.ClH/c1-24-17-8-11-20(24)23(16-7-12-21(26-3)22(13-16)27-4)19(14-17)15-5-9-18(25-2)10-6-15;/h5-7,9-10,12-13,17,19-20,23H,8,11,14H2,1-4H3;1H/t17-,19+,20+,23-;/m0./s1. The molecule has 4 rings (SSSR count). The molecule has 2 bridgehead atoms. The fourth-order valence-electron chi connectivity index (χ4n) is 5.18. The van der Waals surface area contributed by atoms with Gasteiger partial charge in [-0.25, -0.2) is 0 Å². The van der Waals surface area contributed by atoms with Gasteiger partial charge in [0.25, 0.3) is 0 Å². The fourth-order valence-corrected chi connectivity index (χ4v) is 5.18. The van der Waals surface area contributed by atoms with Gasteiger partial charge in [-0.05, 0) is 67.6 Å². The van der Waals surface area contributed by atoms with Crippen LogP contribution in [-0.2, 0) is 0 Å². The molecule has 2 aromatic carbocycles. The molecule has 0 unspecified atom stereocenters. The van der Waals surface area contributed by atoms with E-state index in [-0.39, 0.29) is 12.4 Å². The topological polar surface area (TPSA) is 30.9 Å². The SMILES string of the molecule is COc1ccc([C@H]2C[C@@H]3CC[C@H]([C@H]2c2ccc(OC)c(OC)c2)N3C)cc1.Cl. The van der Waals surface area contributed by atoms with Crippen LogP contribution < -0.4 is 14.2 Å². The molecule has 0 spiro atoms. The Kier molecular flexibility index (Phi) is 6.41. The van der Waals surface area contributed by atoms with Crippen molar-refractivity contribution in [1.29, 1.82) is 0 Å². The zero-order valence-corrected chi connectivity index (χ0v) is 17.9. The number of benzene rings is 2. The minimum Gasteiger partial charge on any atom is -0.497 e. The van der Waals surface area contributed by atoms with Gasteiger partial charge in [-0.15, -0.1) is 12.4 Å². The Morgan fingerprint density at radius 1 is 0.821 bits per heavy atom. The van der Waals surface area contributed by atoms with Crippen molar-refractivity contribution in [3.63, 3.8) is 0 Å². The zero-order chi connectivity index (χ0) is 19.0. The monoisotopic (exact) mass is 403 g/mol. The number of piperidine rings is 1. The van der Waals surface area contributed by atoms with Gasteiger partial charge in [-0.2, -0.15) is 0 Å². The van der Waals surface area contributed by atoms with Crippen LogP contribution in [0.5, 0.6) is 17.2 Å². The average Bonchev–Trinajstić information content (AvgIpc) is 2.95. The van der Waals surface area contributed by atoms with Crippen molar-refractivity contribution >= 4 is 12.4 Å². The second-order valence-corrected chi connectivity index (χ2v) is 7.72. The molecule has 2 aliphatic rings. The molecule has 28 heavy (non-hydrogen) atoms. The lowest BCUT2D eigenvalue weighted by Gasteiger charge is -2.43. The Morgan fingerprint density at radius 3 is 2.14 bits per heavy atom. The largest absolute Gasteiger partial charge is 0.497 e. The first-order chi connectivity index (χ1) is 13.2. The molecule has 4 atom stereocenters. The second kappa shape index (κ2) is 8.62. The molecule has 0 aliphatic carbocycles. The molecule has 4 nitrogen and oxygen atoms in total. The molecule has 0 aromatic heterocycles. The van der Waals surface area contributed by atoms with Crippen molar-refractivity contribution in [2.75, 3.05) is 28.4 Å². The van der Waals surface area contributed by atoms with Crippen LogP contribution in [0.3, 0.4) is 0 Å². The molecule has 2 aromatic rings. The molecule has 2 heterocycles. The predicted molar refractivity (Wildman–Crippen MR) is 114 cm³/mol. The van der Waals surface area contributed by atoms with E-state index in [9.17, 15) is 0 Å². The summed E-state index contributed by atoms with van der Waals surface area (Å²) in [6, 6.07) is 16.3. The van der Waals surface area contributed by atoms with Crippen LogP contribution in [0.2, 0.25) is 0 Å². The Hall–Kier alpha value is -1.91. The number of nitrogens with zero attached hydrogens (tertiary/aromatic N) is 1. The third-order valence-electron chi connectivity index (χ3n) is 6.61. The van der Waals surface area contributed by atoms with Gasteiger partial charge in [0.05, 0.1) is 21.3 Å². The number of rotatable bonds is 5. The number of hydrogen-bond donors (Lipinski definition) is 0. The highest BCUT2D eigenvalue weighted by atomic mass is 35.5. The predicted octanol–water partition coefficient (Wildman–Crippen LogP) is 4.87. The van der Waals surface area contributed by atoms with Crippen LogP contribution in [0, 0.1) is 0 Å². The number of halogens is 1. The molecular formula is C23H30ClNO3. The lowest BCUT2D eigenvalue weighted by atomic mass is 9.72. The summed E-state index contributed by atoms with van der Waals surface area (Å²) in [5, 5.41) is 0. The maximum atomic E-state index is 5.59. The molecule has 2 saturated heterocycles. The summed E-state index contributed by atoms with van der Waals surface area (Å²) in [4.78, 5) is 2.60. The van der Waals surface area contributed by atoms with Crippen molar-refractivity contribution in [3.05, 3.63) is 53.6 Å². The van der Waals surface area contributed by atoms with Gasteiger partial charge in [0, 0.05) is 18.0 Å². The smallest absolute Gasteiger partial charge is 0.160 e. The van der Waals surface area contributed by atoms with E-state index < -0.39 is 0 Å². The summed E-state index contributed by atoms with van der Waals surface area (Å²) in [6.07, 6.45) is 3.74. The molecule has 0 amide bonds. The number of likely N-dealkylation sites (N-methyl/N-ethyl adjacent to an activating group) is 1. The van der Waals surface area contributed by atoms with E-state index in [2.05, 4.69) is 48.3 Å². The van der Waals surface area contributed by atoms with Crippen LogP contribution in [0.15, 0.2) is 42.5 Å². The van der Waals surface area contributed by atoms with Crippen molar-refractivity contribution in [3.8, 4) is 17.2 Å². The van der Waals surface area contributed by atoms with E-state index in [1.165, 1.54) is 30.4 Å². The Labute approximate surface area is 174 Å². The van der Waals surface area contributed by atoms with Gasteiger partial charge < -0.3 is 14.2 Å². The Balaban J connectivity index is 0.00000225. The lowest BCUT2D eigenvalue weighted by molar-refractivity contribution is 0.137. The van der Waals surface area contributed by atoms with Crippen LogP contribution in [0.25, 0.3) is 0 Å². The zero-order valence-electron chi connectivity index (χ0n) is 17.1. The highest BCUT2D eigenvalue weighted by Gasteiger charge is 2.46. The van der Waals surface area contributed by atoms with Crippen molar-refractivity contribution < 1.29 is 14.2 Å². The van der Waals surface area contributed by atoms with E-state index in [1.807, 2.05) is 6.07 Å². The lowest BCUT2D eigenvalue weighted by Crippen LogP contribution is -2.44. The van der Waals surface area contributed by atoms with E-state index >= 15 is 0 Å².